The zero-order chi connectivity index (χ0) is 20.7. The molecule has 1 spiro atoms. The van der Waals surface area contributed by atoms with E-state index in [1.54, 1.807) is 17.0 Å². The van der Waals surface area contributed by atoms with Gasteiger partial charge in [-0.15, -0.1) is 0 Å². The fourth-order valence-electron chi connectivity index (χ4n) is 4.07. The normalized spacial score (nSPS) is 18.6. The Morgan fingerprint density at radius 2 is 1.82 bits per heavy atom. The lowest BCUT2D eigenvalue weighted by Gasteiger charge is -2.54. The highest BCUT2D eigenvalue weighted by Crippen LogP contribution is 2.43. The first-order chi connectivity index (χ1) is 13.0. The Bertz CT molecular complexity index is 771. The van der Waals surface area contributed by atoms with Crippen LogP contribution in [0.4, 0.5) is 16.2 Å². The predicted octanol–water partition coefficient (Wildman–Crippen LogP) is 3.75. The molecule has 0 bridgehead atoms. The van der Waals surface area contributed by atoms with E-state index in [4.69, 9.17) is 9.47 Å². The molecule has 0 aromatic heterocycles. The first kappa shape index (κ1) is 20.2. The zero-order valence-electron chi connectivity index (χ0n) is 17.3. The van der Waals surface area contributed by atoms with E-state index in [1.165, 1.54) is 7.11 Å². The van der Waals surface area contributed by atoms with Crippen molar-refractivity contribution in [3.8, 4) is 5.75 Å². The van der Waals surface area contributed by atoms with Gasteiger partial charge < -0.3 is 19.3 Å². The molecule has 28 heavy (non-hydrogen) atoms. The molecule has 0 atom stereocenters. The molecule has 8 nitrogen and oxygen atoms in total. The fourth-order valence-corrected chi connectivity index (χ4v) is 4.07. The first-order valence-electron chi connectivity index (χ1n) is 9.59. The van der Waals surface area contributed by atoms with E-state index in [9.17, 15) is 14.9 Å². The number of nitro benzene ring substituents is 1. The standard InChI is InChI=1S/C20H29N3O5/c1-14-10-16(23(25)26)17(27-5)11-15(14)21-8-6-20(7-9-21)12-22(13-20)18(24)28-19(2,3)4/h10-11H,6-9,12-13H2,1-5H3. The highest BCUT2D eigenvalue weighted by Gasteiger charge is 2.48. The number of nitro groups is 1. The Balaban J connectivity index is 1.63. The lowest BCUT2D eigenvalue weighted by molar-refractivity contribution is -0.385. The SMILES string of the molecule is COc1cc(N2CCC3(CC2)CN(C(=O)OC(C)(C)C)C3)c(C)cc1[N+](=O)[O-]. The summed E-state index contributed by atoms with van der Waals surface area (Å²) < 4.78 is 10.7. The van der Waals surface area contributed by atoms with Gasteiger partial charge in [0, 0.05) is 49.4 Å². The minimum atomic E-state index is -0.476. The fraction of sp³-hybridized carbons (Fsp3) is 0.650. The second-order valence-electron chi connectivity index (χ2n) is 8.89. The van der Waals surface area contributed by atoms with Gasteiger partial charge in [0.25, 0.3) is 0 Å². The van der Waals surface area contributed by atoms with E-state index in [0.717, 1.165) is 50.3 Å². The quantitative estimate of drug-likeness (QED) is 0.576. The van der Waals surface area contributed by atoms with Crippen LogP contribution in [-0.4, -0.2) is 54.8 Å². The molecule has 0 aliphatic carbocycles. The number of benzene rings is 1. The molecule has 8 heteroatoms. The van der Waals surface area contributed by atoms with Crippen LogP contribution in [0.5, 0.6) is 5.75 Å². The van der Waals surface area contributed by atoms with Crippen LogP contribution in [-0.2, 0) is 4.74 Å². The molecule has 2 saturated heterocycles. The number of piperidine rings is 1. The minimum absolute atomic E-state index is 0.00998. The van der Waals surface area contributed by atoms with Gasteiger partial charge in [-0.1, -0.05) is 0 Å². The molecule has 0 unspecified atom stereocenters. The summed E-state index contributed by atoms with van der Waals surface area (Å²) in [7, 11) is 1.45. The number of rotatable bonds is 3. The zero-order valence-corrected chi connectivity index (χ0v) is 17.3. The van der Waals surface area contributed by atoms with Crippen molar-refractivity contribution in [2.45, 2.75) is 46.1 Å². The van der Waals surface area contributed by atoms with E-state index in [-0.39, 0.29) is 22.9 Å². The van der Waals surface area contributed by atoms with E-state index in [1.807, 2.05) is 27.7 Å². The monoisotopic (exact) mass is 391 g/mol. The van der Waals surface area contributed by atoms with E-state index < -0.39 is 10.5 Å². The van der Waals surface area contributed by atoms with Crippen molar-refractivity contribution in [3.05, 3.63) is 27.8 Å². The summed E-state index contributed by atoms with van der Waals surface area (Å²) in [4.78, 5) is 27.0. The number of amides is 1. The third-order valence-corrected chi connectivity index (χ3v) is 5.56. The molecule has 2 aliphatic heterocycles. The molecule has 0 radical (unpaired) electrons. The van der Waals surface area contributed by atoms with Gasteiger partial charge in [-0.05, 0) is 46.1 Å². The van der Waals surface area contributed by atoms with Crippen LogP contribution < -0.4 is 9.64 Å². The number of hydrogen-bond acceptors (Lipinski definition) is 6. The number of hydrogen-bond donors (Lipinski definition) is 0. The molecule has 154 valence electrons. The van der Waals surface area contributed by atoms with Crippen LogP contribution in [0.15, 0.2) is 12.1 Å². The number of aryl methyl sites for hydroxylation is 1. The van der Waals surface area contributed by atoms with Crippen molar-refractivity contribution >= 4 is 17.5 Å². The van der Waals surface area contributed by atoms with Crippen LogP contribution in [0.1, 0.15) is 39.2 Å². The molecule has 2 aliphatic rings. The molecule has 1 amide bonds. The van der Waals surface area contributed by atoms with Crippen molar-refractivity contribution < 1.29 is 19.2 Å². The molecule has 0 N–H and O–H groups in total. The van der Waals surface area contributed by atoms with Crippen molar-refractivity contribution in [1.82, 2.24) is 4.90 Å². The first-order valence-corrected chi connectivity index (χ1v) is 9.59. The van der Waals surface area contributed by atoms with Gasteiger partial charge in [0.2, 0.25) is 0 Å². The number of ether oxygens (including phenoxy) is 2. The Kier molecular flexibility index (Phi) is 5.16. The molecule has 3 rings (SSSR count). The van der Waals surface area contributed by atoms with Crippen molar-refractivity contribution in [2.75, 3.05) is 38.2 Å². The lowest BCUT2D eigenvalue weighted by atomic mass is 9.72. The Morgan fingerprint density at radius 1 is 1.21 bits per heavy atom. The third-order valence-electron chi connectivity index (χ3n) is 5.56. The molecular weight excluding hydrogens is 362 g/mol. The van der Waals surface area contributed by atoms with Crippen molar-refractivity contribution in [2.24, 2.45) is 5.41 Å². The number of carbonyl (C=O) groups is 1. The number of nitrogens with zero attached hydrogens (tertiary/aromatic N) is 3. The van der Waals surface area contributed by atoms with Crippen LogP contribution >= 0.6 is 0 Å². The van der Waals surface area contributed by atoms with Crippen molar-refractivity contribution in [3.63, 3.8) is 0 Å². The molecular formula is C20H29N3O5. The maximum atomic E-state index is 12.2. The average Bonchev–Trinajstić information content (AvgIpc) is 2.58. The Hall–Kier alpha value is -2.51. The van der Waals surface area contributed by atoms with E-state index in [2.05, 4.69) is 4.90 Å². The second kappa shape index (κ2) is 7.14. The Labute approximate surface area is 165 Å². The van der Waals surface area contributed by atoms with Gasteiger partial charge in [-0.3, -0.25) is 10.1 Å². The Morgan fingerprint density at radius 3 is 2.32 bits per heavy atom. The van der Waals surface area contributed by atoms with Gasteiger partial charge in [-0.25, -0.2) is 4.79 Å². The van der Waals surface area contributed by atoms with Crippen LogP contribution in [0.3, 0.4) is 0 Å². The van der Waals surface area contributed by atoms with E-state index >= 15 is 0 Å². The maximum Gasteiger partial charge on any atom is 0.410 e. The number of likely N-dealkylation sites (tertiary alicyclic amines) is 1. The minimum Gasteiger partial charge on any atom is -0.490 e. The molecule has 2 fully saturated rings. The number of anilines is 1. The van der Waals surface area contributed by atoms with Gasteiger partial charge >= 0.3 is 11.8 Å². The van der Waals surface area contributed by atoms with Gasteiger partial charge in [0.1, 0.15) is 5.60 Å². The van der Waals surface area contributed by atoms with Crippen molar-refractivity contribution in [1.29, 1.82) is 0 Å². The summed E-state index contributed by atoms with van der Waals surface area (Å²) in [6.45, 7) is 10.7. The summed E-state index contributed by atoms with van der Waals surface area (Å²) in [6, 6.07) is 3.34. The summed E-state index contributed by atoms with van der Waals surface area (Å²) in [5.74, 6) is 0.283. The highest BCUT2D eigenvalue weighted by atomic mass is 16.6. The molecule has 1 aromatic carbocycles. The average molecular weight is 391 g/mol. The van der Waals surface area contributed by atoms with Crippen LogP contribution in [0, 0.1) is 22.5 Å². The summed E-state index contributed by atoms with van der Waals surface area (Å²) in [6.07, 6.45) is 1.72. The highest BCUT2D eigenvalue weighted by molar-refractivity contribution is 5.69. The maximum absolute atomic E-state index is 12.2. The molecule has 1 aromatic rings. The predicted molar refractivity (Wildman–Crippen MR) is 106 cm³/mol. The topological polar surface area (TPSA) is 85.2 Å². The van der Waals surface area contributed by atoms with Gasteiger partial charge in [0.15, 0.2) is 5.75 Å². The lowest BCUT2D eigenvalue weighted by Crippen LogP contribution is -2.62. The largest absolute Gasteiger partial charge is 0.490 e. The summed E-state index contributed by atoms with van der Waals surface area (Å²) in [5.41, 5.74) is 1.51. The number of carbonyl (C=O) groups excluding carboxylic acids is 1. The third kappa shape index (κ3) is 4.00. The molecule has 0 saturated carbocycles. The smallest absolute Gasteiger partial charge is 0.410 e. The van der Waals surface area contributed by atoms with E-state index in [0.29, 0.717) is 0 Å². The summed E-state index contributed by atoms with van der Waals surface area (Å²) in [5, 5.41) is 11.2. The summed E-state index contributed by atoms with van der Waals surface area (Å²) >= 11 is 0. The van der Waals surface area contributed by atoms with Gasteiger partial charge in [-0.2, -0.15) is 0 Å². The second-order valence-corrected chi connectivity index (χ2v) is 8.89. The molecule has 2 heterocycles. The van der Waals surface area contributed by atoms with Crippen LogP contribution in [0.25, 0.3) is 0 Å². The van der Waals surface area contributed by atoms with Gasteiger partial charge in [0.05, 0.1) is 12.0 Å². The van der Waals surface area contributed by atoms with Crippen LogP contribution in [0.2, 0.25) is 0 Å². The number of methoxy groups -OCH3 is 1.